The fourth-order valence-corrected chi connectivity index (χ4v) is 6.28. The first-order chi connectivity index (χ1) is 24.3. The van der Waals surface area contributed by atoms with Crippen LogP contribution in [0.3, 0.4) is 0 Å². The minimum atomic E-state index is -0.0783. The number of carbonyl (C=O) groups is 1. The van der Waals surface area contributed by atoms with Crippen LogP contribution < -0.4 is 21.3 Å². The van der Waals surface area contributed by atoms with E-state index < -0.39 is 0 Å². The Morgan fingerprint density at radius 3 is 2.26 bits per heavy atom. The third kappa shape index (κ3) is 14.3. The van der Waals surface area contributed by atoms with Crippen molar-refractivity contribution < 1.29 is 19.0 Å². The van der Waals surface area contributed by atoms with Crippen molar-refractivity contribution in [1.29, 1.82) is 0 Å². The number of piperazine rings is 1. The Morgan fingerprint density at radius 2 is 1.64 bits per heavy atom. The number of nitrogens with zero attached hydrogens (tertiary/aromatic N) is 4. The second-order valence-electron chi connectivity index (χ2n) is 12.9. The molecule has 2 unspecified atom stereocenters. The van der Waals surface area contributed by atoms with E-state index in [0.29, 0.717) is 70.3 Å². The zero-order valence-corrected chi connectivity index (χ0v) is 32.2. The summed E-state index contributed by atoms with van der Waals surface area (Å²) in [5.74, 6) is 8.21. The molecule has 0 radical (unpaired) electrons. The topological polar surface area (TPSA) is 105 Å². The first-order valence-electron chi connectivity index (χ1n) is 18.2. The Morgan fingerprint density at radius 1 is 0.980 bits per heavy atom. The summed E-state index contributed by atoms with van der Waals surface area (Å²) < 4.78 is 16.6. The van der Waals surface area contributed by atoms with Crippen molar-refractivity contribution >= 4 is 32.0 Å². The minimum absolute atomic E-state index is 0.0783. The molecular formula is C39H61N6O4P. The van der Waals surface area contributed by atoms with E-state index in [2.05, 4.69) is 79.9 Å². The molecule has 0 saturated carbocycles. The van der Waals surface area contributed by atoms with Gasteiger partial charge in [0.05, 0.1) is 51.2 Å². The van der Waals surface area contributed by atoms with E-state index in [1.54, 1.807) is 0 Å². The normalized spacial score (nSPS) is 14.4. The summed E-state index contributed by atoms with van der Waals surface area (Å²) in [7, 11) is 4.55. The van der Waals surface area contributed by atoms with E-state index >= 15 is 0 Å². The highest BCUT2D eigenvalue weighted by Gasteiger charge is 2.22. The molecular weight excluding hydrogens is 647 g/mol. The summed E-state index contributed by atoms with van der Waals surface area (Å²) >= 11 is 0. The van der Waals surface area contributed by atoms with Crippen LogP contribution in [0, 0.1) is 17.8 Å². The number of hydrogen-bond acceptors (Lipinski definition) is 8. The predicted octanol–water partition coefficient (Wildman–Crippen LogP) is 3.62. The van der Waals surface area contributed by atoms with E-state index in [0.717, 1.165) is 80.1 Å². The van der Waals surface area contributed by atoms with Crippen molar-refractivity contribution in [1.82, 2.24) is 15.1 Å². The van der Waals surface area contributed by atoms with Crippen LogP contribution >= 0.6 is 9.24 Å². The number of nitrogens with two attached hydrogens (primary N) is 1. The number of amidine groups is 1. The van der Waals surface area contributed by atoms with Gasteiger partial charge in [0.15, 0.2) is 0 Å². The second-order valence-corrected chi connectivity index (χ2v) is 13.5. The molecule has 3 rings (SSSR count). The number of carbonyl (C=O) groups excluding carboxylic acids is 1. The molecule has 1 aliphatic heterocycles. The fraction of sp³-hybridized carbons (Fsp3) is 0.590. The van der Waals surface area contributed by atoms with E-state index in [1.165, 1.54) is 0 Å². The SMILES string of the molecule is CCC(C(C)C)N(CCCNC(=O)c1ccc(N2CCN(CCOCCOCCOCCN)CC2)c(C#Cc2ccc(P)cc2)c1)/C(C)=N\C. The van der Waals surface area contributed by atoms with Crippen molar-refractivity contribution in [3.63, 3.8) is 0 Å². The number of aliphatic imine (C=N–C) groups is 1. The third-order valence-electron chi connectivity index (χ3n) is 8.97. The smallest absolute Gasteiger partial charge is 0.251 e. The van der Waals surface area contributed by atoms with E-state index in [1.807, 2.05) is 43.4 Å². The van der Waals surface area contributed by atoms with Crippen LogP contribution in [0.2, 0.25) is 0 Å². The zero-order chi connectivity index (χ0) is 36.1. The summed E-state index contributed by atoms with van der Waals surface area (Å²) in [4.78, 5) is 25.0. The summed E-state index contributed by atoms with van der Waals surface area (Å²) in [5, 5.41) is 4.27. The maximum atomic E-state index is 13.4. The highest BCUT2D eigenvalue weighted by molar-refractivity contribution is 7.27. The average Bonchev–Trinajstić information content (AvgIpc) is 3.13. The number of amides is 1. The maximum Gasteiger partial charge on any atom is 0.251 e. The van der Waals surface area contributed by atoms with Gasteiger partial charge in [0.1, 0.15) is 0 Å². The first kappa shape index (κ1) is 41.4. The van der Waals surface area contributed by atoms with Gasteiger partial charge in [-0.15, -0.1) is 9.24 Å². The molecule has 2 aromatic carbocycles. The van der Waals surface area contributed by atoms with Gasteiger partial charge in [-0.1, -0.05) is 44.7 Å². The van der Waals surface area contributed by atoms with Gasteiger partial charge < -0.3 is 35.1 Å². The molecule has 1 fully saturated rings. The van der Waals surface area contributed by atoms with Gasteiger partial charge in [-0.3, -0.25) is 14.7 Å². The van der Waals surface area contributed by atoms with Crippen LogP contribution in [-0.2, 0) is 14.2 Å². The van der Waals surface area contributed by atoms with Gasteiger partial charge in [0.25, 0.3) is 5.91 Å². The van der Waals surface area contributed by atoms with Crippen molar-refractivity contribution in [2.24, 2.45) is 16.6 Å². The van der Waals surface area contributed by atoms with Gasteiger partial charge in [0, 0.05) is 82.1 Å². The first-order valence-corrected chi connectivity index (χ1v) is 18.8. The Kier molecular flexibility index (Phi) is 19.4. The quantitative estimate of drug-likeness (QED) is 0.0708. The number of anilines is 1. The molecule has 11 heteroatoms. The molecule has 1 heterocycles. The molecule has 0 spiro atoms. The number of nitrogens with one attached hydrogen (secondary N) is 1. The second kappa shape index (κ2) is 23.4. The molecule has 2 aromatic rings. The molecule has 1 aliphatic rings. The van der Waals surface area contributed by atoms with Crippen LogP contribution in [0.5, 0.6) is 0 Å². The molecule has 276 valence electrons. The lowest BCUT2D eigenvalue weighted by atomic mass is 9.99. The zero-order valence-electron chi connectivity index (χ0n) is 31.1. The Bertz CT molecular complexity index is 1370. The lowest BCUT2D eigenvalue weighted by Gasteiger charge is -2.36. The highest BCUT2D eigenvalue weighted by Crippen LogP contribution is 2.24. The average molecular weight is 709 g/mol. The highest BCUT2D eigenvalue weighted by atomic mass is 31.0. The molecule has 0 bridgehead atoms. The number of hydrogen-bond donors (Lipinski definition) is 2. The monoisotopic (exact) mass is 708 g/mol. The van der Waals surface area contributed by atoms with Crippen molar-refractivity contribution in [2.75, 3.05) is 104 Å². The summed E-state index contributed by atoms with van der Waals surface area (Å²) in [5.41, 5.74) is 8.90. The van der Waals surface area contributed by atoms with E-state index in [4.69, 9.17) is 19.9 Å². The van der Waals surface area contributed by atoms with Crippen LogP contribution in [0.1, 0.15) is 62.0 Å². The van der Waals surface area contributed by atoms with Crippen molar-refractivity contribution in [3.05, 3.63) is 59.2 Å². The maximum absolute atomic E-state index is 13.4. The van der Waals surface area contributed by atoms with Crippen LogP contribution in [0.4, 0.5) is 5.69 Å². The summed E-state index contributed by atoms with van der Waals surface area (Å²) in [6, 6.07) is 14.5. The minimum Gasteiger partial charge on any atom is -0.378 e. The molecule has 3 N–H and O–H groups in total. The standard InChI is InChI=1S/C39H61N6O4P/c1-6-37(31(2)3)45(32(4)41-5)18-7-17-42-39(46)35-12-15-38(34(30-35)11-8-33-9-13-36(50)14-10-33)44-21-19-43(20-22-44)23-25-48-27-29-49-28-26-47-24-16-40/h9-10,12-15,30-31,37H,6-7,16-29,40,50H2,1-5H3,(H,42,46)/b41-32-. The molecule has 50 heavy (non-hydrogen) atoms. The molecule has 2 atom stereocenters. The fourth-order valence-electron chi connectivity index (χ4n) is 6.09. The predicted molar refractivity (Wildman–Crippen MR) is 210 cm³/mol. The lowest BCUT2D eigenvalue weighted by molar-refractivity contribution is 0.0116. The van der Waals surface area contributed by atoms with Gasteiger partial charge in [-0.2, -0.15) is 0 Å². The third-order valence-corrected chi connectivity index (χ3v) is 9.36. The Balaban J connectivity index is 1.58. The summed E-state index contributed by atoms with van der Waals surface area (Å²) in [6.07, 6.45) is 1.90. The Hall–Kier alpha value is -3.03. The molecule has 1 amide bonds. The molecule has 0 aromatic heterocycles. The van der Waals surface area contributed by atoms with Crippen LogP contribution in [0.25, 0.3) is 0 Å². The molecule has 10 nitrogen and oxygen atoms in total. The Labute approximate surface area is 303 Å². The molecule has 0 aliphatic carbocycles. The van der Waals surface area contributed by atoms with Gasteiger partial charge in [0.2, 0.25) is 0 Å². The number of benzene rings is 2. The molecule has 1 saturated heterocycles. The van der Waals surface area contributed by atoms with Gasteiger partial charge >= 0.3 is 0 Å². The van der Waals surface area contributed by atoms with Crippen molar-refractivity contribution in [3.8, 4) is 11.8 Å². The van der Waals surface area contributed by atoms with Crippen LogP contribution in [0.15, 0.2) is 47.5 Å². The lowest BCUT2D eigenvalue weighted by Crippen LogP contribution is -2.47. The van der Waals surface area contributed by atoms with E-state index in [9.17, 15) is 4.79 Å². The summed E-state index contributed by atoms with van der Waals surface area (Å²) in [6.45, 7) is 18.7. The van der Waals surface area contributed by atoms with Gasteiger partial charge in [-0.05, 0) is 61.3 Å². The van der Waals surface area contributed by atoms with Crippen LogP contribution in [-0.4, -0.2) is 127 Å². The largest absolute Gasteiger partial charge is 0.378 e. The number of ether oxygens (including phenoxy) is 3. The number of rotatable bonds is 20. The van der Waals surface area contributed by atoms with Gasteiger partial charge in [-0.25, -0.2) is 0 Å². The van der Waals surface area contributed by atoms with Crippen molar-refractivity contribution in [2.45, 2.75) is 46.6 Å². The van der Waals surface area contributed by atoms with E-state index in [-0.39, 0.29) is 5.91 Å².